The molecule has 0 bridgehead atoms. The van der Waals surface area contributed by atoms with Gasteiger partial charge in [0.15, 0.2) is 0 Å². The molecule has 0 unspecified atom stereocenters. The molecular formula is C20H23N3O3. The first-order valence-electron chi connectivity index (χ1n) is 9.01. The average Bonchev–Trinajstić information content (AvgIpc) is 3.05. The third-order valence-corrected chi connectivity index (χ3v) is 5.21. The van der Waals surface area contributed by atoms with Gasteiger partial charge < -0.3 is 14.4 Å². The molecule has 6 heteroatoms. The molecule has 6 nitrogen and oxygen atoms in total. The fourth-order valence-electron chi connectivity index (χ4n) is 3.73. The predicted octanol–water partition coefficient (Wildman–Crippen LogP) is 2.23. The first-order chi connectivity index (χ1) is 12.7. The normalized spacial score (nSPS) is 21.0. The van der Waals surface area contributed by atoms with Crippen LogP contribution in [0, 0.1) is 12.8 Å². The van der Waals surface area contributed by atoms with Crippen LogP contribution in [0.25, 0.3) is 0 Å². The van der Waals surface area contributed by atoms with Gasteiger partial charge in [-0.05, 0) is 37.6 Å². The number of carbonyl (C=O) groups excluding carboxylic acids is 1. The van der Waals surface area contributed by atoms with E-state index in [1.165, 1.54) is 0 Å². The summed E-state index contributed by atoms with van der Waals surface area (Å²) in [5.74, 6) is 0.281. The Morgan fingerprint density at radius 3 is 2.96 bits per heavy atom. The van der Waals surface area contributed by atoms with Crippen LogP contribution in [-0.2, 0) is 16.1 Å². The molecule has 0 N–H and O–H groups in total. The van der Waals surface area contributed by atoms with Crippen LogP contribution < -0.4 is 0 Å². The lowest BCUT2D eigenvalue weighted by molar-refractivity contribution is -0.129. The number of hydrogen-bond acceptors (Lipinski definition) is 5. The minimum atomic E-state index is -0.260. The molecule has 1 atom stereocenters. The predicted molar refractivity (Wildman–Crippen MR) is 95.6 cm³/mol. The van der Waals surface area contributed by atoms with Crippen molar-refractivity contribution in [3.05, 3.63) is 59.7 Å². The average molecular weight is 353 g/mol. The van der Waals surface area contributed by atoms with Crippen molar-refractivity contribution in [2.75, 3.05) is 26.3 Å². The van der Waals surface area contributed by atoms with Gasteiger partial charge in [-0.25, -0.2) is 4.98 Å². The van der Waals surface area contributed by atoms with Crippen molar-refractivity contribution < 1.29 is 14.3 Å². The Labute approximate surface area is 153 Å². The van der Waals surface area contributed by atoms with E-state index in [1.807, 2.05) is 42.2 Å². The summed E-state index contributed by atoms with van der Waals surface area (Å²) in [5, 5.41) is 0. The van der Waals surface area contributed by atoms with Crippen LogP contribution in [0.4, 0.5) is 0 Å². The molecule has 136 valence electrons. The summed E-state index contributed by atoms with van der Waals surface area (Å²) in [6, 6.07) is 11.3. The molecule has 2 aliphatic rings. The number of ether oxygens (including phenoxy) is 2. The lowest BCUT2D eigenvalue weighted by atomic mass is 9.81. The summed E-state index contributed by atoms with van der Waals surface area (Å²) in [5.41, 5.74) is 2.02. The maximum absolute atomic E-state index is 12.6. The third kappa shape index (κ3) is 3.34. The van der Waals surface area contributed by atoms with E-state index in [4.69, 9.17) is 9.47 Å². The summed E-state index contributed by atoms with van der Waals surface area (Å²) in [6.07, 6.45) is 2.74. The first kappa shape index (κ1) is 17.1. The summed E-state index contributed by atoms with van der Waals surface area (Å²) in [4.78, 5) is 23.0. The molecule has 2 aromatic heterocycles. The maximum Gasteiger partial charge on any atom is 0.272 e. The van der Waals surface area contributed by atoms with Crippen LogP contribution in [0.5, 0.6) is 0 Å². The Hall–Kier alpha value is -2.31. The topological polar surface area (TPSA) is 64.6 Å². The number of aromatic nitrogens is 2. The highest BCUT2D eigenvalue weighted by Crippen LogP contribution is 2.40. The molecule has 0 radical (unpaired) electrons. The molecule has 0 saturated carbocycles. The van der Waals surface area contributed by atoms with E-state index in [0.29, 0.717) is 37.9 Å². The molecule has 2 saturated heterocycles. The maximum atomic E-state index is 12.6. The first-order valence-corrected chi connectivity index (χ1v) is 9.01. The second-order valence-electron chi connectivity index (χ2n) is 7.06. The number of nitrogens with zero attached hydrogens (tertiary/aromatic N) is 3. The number of rotatable bonds is 5. The molecule has 4 rings (SSSR count). The Kier molecular flexibility index (Phi) is 4.70. The van der Waals surface area contributed by atoms with Crippen molar-refractivity contribution in [3.8, 4) is 0 Å². The fourth-order valence-corrected chi connectivity index (χ4v) is 3.73. The monoisotopic (exact) mass is 353 g/mol. The number of aryl methyl sites for hydroxylation is 1. The van der Waals surface area contributed by atoms with Crippen molar-refractivity contribution in [2.24, 2.45) is 5.92 Å². The van der Waals surface area contributed by atoms with Crippen LogP contribution in [0.3, 0.4) is 0 Å². The third-order valence-electron chi connectivity index (χ3n) is 5.21. The molecular weight excluding hydrogens is 330 g/mol. The van der Waals surface area contributed by atoms with Gasteiger partial charge in [-0.2, -0.15) is 0 Å². The fraction of sp³-hybridized carbons (Fsp3) is 0.450. The largest absolute Gasteiger partial charge is 0.375 e. The summed E-state index contributed by atoms with van der Waals surface area (Å²) < 4.78 is 11.9. The molecule has 1 spiro atoms. The SMILES string of the molecule is Cc1cccc(C(=O)N2CC3(C2)OCC[C@@H]3COCc2ccccn2)n1. The Bertz CT molecular complexity index is 775. The van der Waals surface area contributed by atoms with Gasteiger partial charge in [0.1, 0.15) is 11.3 Å². The van der Waals surface area contributed by atoms with Crippen LogP contribution in [0.2, 0.25) is 0 Å². The molecule has 2 aliphatic heterocycles. The molecule has 2 aromatic rings. The summed E-state index contributed by atoms with van der Waals surface area (Å²) in [7, 11) is 0. The quantitative estimate of drug-likeness (QED) is 0.825. The van der Waals surface area contributed by atoms with Crippen LogP contribution in [0.15, 0.2) is 42.6 Å². The zero-order chi connectivity index (χ0) is 18.0. The Morgan fingerprint density at radius 1 is 1.31 bits per heavy atom. The van der Waals surface area contributed by atoms with Gasteiger partial charge in [-0.1, -0.05) is 12.1 Å². The molecule has 2 fully saturated rings. The molecule has 0 aliphatic carbocycles. The van der Waals surface area contributed by atoms with E-state index in [0.717, 1.165) is 24.4 Å². The smallest absolute Gasteiger partial charge is 0.272 e. The zero-order valence-electron chi connectivity index (χ0n) is 14.9. The second-order valence-corrected chi connectivity index (χ2v) is 7.06. The van der Waals surface area contributed by atoms with Gasteiger partial charge in [0.05, 0.1) is 32.0 Å². The number of carbonyl (C=O) groups is 1. The van der Waals surface area contributed by atoms with Gasteiger partial charge in [0.2, 0.25) is 0 Å². The van der Waals surface area contributed by atoms with Gasteiger partial charge in [-0.15, -0.1) is 0 Å². The molecule has 26 heavy (non-hydrogen) atoms. The van der Waals surface area contributed by atoms with Crippen LogP contribution >= 0.6 is 0 Å². The summed E-state index contributed by atoms with van der Waals surface area (Å²) >= 11 is 0. The van der Waals surface area contributed by atoms with E-state index >= 15 is 0 Å². The Balaban J connectivity index is 1.32. The molecule has 4 heterocycles. The van der Waals surface area contributed by atoms with Crippen molar-refractivity contribution in [2.45, 2.75) is 25.6 Å². The number of pyridine rings is 2. The van der Waals surface area contributed by atoms with E-state index in [9.17, 15) is 4.79 Å². The molecule has 0 aromatic carbocycles. The van der Waals surface area contributed by atoms with Gasteiger partial charge in [-0.3, -0.25) is 9.78 Å². The Morgan fingerprint density at radius 2 is 2.19 bits per heavy atom. The molecule has 1 amide bonds. The number of hydrogen-bond donors (Lipinski definition) is 0. The lowest BCUT2D eigenvalue weighted by Crippen LogP contribution is -2.66. The van der Waals surface area contributed by atoms with Crippen molar-refractivity contribution in [1.82, 2.24) is 14.9 Å². The van der Waals surface area contributed by atoms with Crippen LogP contribution in [0.1, 0.15) is 28.3 Å². The van der Waals surface area contributed by atoms with E-state index < -0.39 is 0 Å². The van der Waals surface area contributed by atoms with Crippen molar-refractivity contribution in [1.29, 1.82) is 0 Å². The van der Waals surface area contributed by atoms with Crippen LogP contribution in [-0.4, -0.2) is 52.7 Å². The summed E-state index contributed by atoms with van der Waals surface area (Å²) in [6.45, 7) is 4.97. The zero-order valence-corrected chi connectivity index (χ0v) is 14.9. The van der Waals surface area contributed by atoms with Gasteiger partial charge in [0, 0.05) is 24.4 Å². The highest BCUT2D eigenvalue weighted by molar-refractivity contribution is 5.93. The standard InChI is InChI=1S/C20H23N3O3/c1-15-5-4-7-18(22-15)19(24)23-13-20(14-23)16(8-10-26-20)11-25-12-17-6-2-3-9-21-17/h2-7,9,16H,8,10-14H2,1H3/t16-/m1/s1. The highest BCUT2D eigenvalue weighted by Gasteiger charge is 2.54. The number of amides is 1. The lowest BCUT2D eigenvalue weighted by Gasteiger charge is -2.50. The van der Waals surface area contributed by atoms with E-state index in [2.05, 4.69) is 9.97 Å². The second kappa shape index (κ2) is 7.13. The number of likely N-dealkylation sites (tertiary alicyclic amines) is 1. The minimum Gasteiger partial charge on any atom is -0.375 e. The minimum absolute atomic E-state index is 0.0250. The highest BCUT2D eigenvalue weighted by atomic mass is 16.5. The van der Waals surface area contributed by atoms with Crippen molar-refractivity contribution >= 4 is 5.91 Å². The van der Waals surface area contributed by atoms with E-state index in [1.54, 1.807) is 12.3 Å². The van der Waals surface area contributed by atoms with Gasteiger partial charge in [0.25, 0.3) is 5.91 Å². The van der Waals surface area contributed by atoms with E-state index in [-0.39, 0.29) is 11.5 Å². The van der Waals surface area contributed by atoms with Crippen molar-refractivity contribution in [3.63, 3.8) is 0 Å². The van der Waals surface area contributed by atoms with Gasteiger partial charge >= 0.3 is 0 Å².